The first kappa shape index (κ1) is 13.4. The highest BCUT2D eigenvalue weighted by Gasteiger charge is 2.20. The number of nitrogens with one attached hydrogen (secondary N) is 1. The van der Waals surface area contributed by atoms with Crippen molar-refractivity contribution in [3.63, 3.8) is 0 Å². The van der Waals surface area contributed by atoms with Gasteiger partial charge in [0, 0.05) is 43.2 Å². The van der Waals surface area contributed by atoms with Crippen LogP contribution in [-0.4, -0.2) is 40.0 Å². The minimum absolute atomic E-state index is 0.755. The van der Waals surface area contributed by atoms with E-state index in [0.717, 1.165) is 24.4 Å². The highest BCUT2D eigenvalue weighted by molar-refractivity contribution is 7.99. The largest absolute Gasteiger partial charge is 0.308 e. The van der Waals surface area contributed by atoms with Gasteiger partial charge in [-0.3, -0.25) is 9.88 Å². The van der Waals surface area contributed by atoms with Gasteiger partial charge in [0.15, 0.2) is 0 Å². The predicted molar refractivity (Wildman–Crippen MR) is 81.3 cm³/mol. The summed E-state index contributed by atoms with van der Waals surface area (Å²) in [6.07, 6.45) is 2.67. The van der Waals surface area contributed by atoms with E-state index in [1.807, 2.05) is 0 Å². The Kier molecular flexibility index (Phi) is 4.41. The first-order chi connectivity index (χ1) is 9.29. The summed E-state index contributed by atoms with van der Waals surface area (Å²) < 4.78 is 0. The molecule has 1 N–H and O–H groups in total. The van der Waals surface area contributed by atoms with Crippen molar-refractivity contribution in [2.24, 2.45) is 0 Å². The normalized spacial score (nSPS) is 24.6. The third-order valence-corrected chi connectivity index (χ3v) is 4.86. The molecule has 0 spiro atoms. The van der Waals surface area contributed by atoms with Crippen LogP contribution in [0.3, 0.4) is 0 Å². The average Bonchev–Trinajstić information content (AvgIpc) is 3.21. The monoisotopic (exact) mass is 277 g/mol. The maximum atomic E-state index is 4.78. The Balaban J connectivity index is 1.55. The Morgan fingerprint density at radius 3 is 3.00 bits per heavy atom. The summed E-state index contributed by atoms with van der Waals surface area (Å²) in [5, 5.41) is 4.29. The molecule has 1 aromatic rings. The molecule has 1 atom stereocenters. The van der Waals surface area contributed by atoms with Crippen molar-refractivity contribution in [3.8, 4) is 0 Å². The van der Waals surface area contributed by atoms with Gasteiger partial charge in [0.1, 0.15) is 0 Å². The molecule has 0 amide bonds. The average molecular weight is 277 g/mol. The van der Waals surface area contributed by atoms with Crippen molar-refractivity contribution in [1.82, 2.24) is 15.2 Å². The Bertz CT molecular complexity index is 420. The van der Waals surface area contributed by atoms with Gasteiger partial charge in [0.05, 0.1) is 11.4 Å². The third kappa shape index (κ3) is 4.20. The van der Waals surface area contributed by atoms with E-state index in [4.69, 9.17) is 4.98 Å². The topological polar surface area (TPSA) is 28.2 Å². The Labute approximate surface area is 120 Å². The predicted octanol–water partition coefficient (Wildman–Crippen LogP) is 2.27. The fourth-order valence-corrected chi connectivity index (χ4v) is 3.60. The molecule has 104 valence electrons. The standard InChI is InChI=1S/C15H23N3S/c1-12-10-18(7-8-19-12)11-15-4-2-3-14(17-15)9-16-13-5-6-13/h2-4,12-13,16H,5-11H2,1H3. The first-order valence-corrected chi connectivity index (χ1v) is 8.36. The molecule has 3 rings (SSSR count). The lowest BCUT2D eigenvalue weighted by Gasteiger charge is -2.30. The summed E-state index contributed by atoms with van der Waals surface area (Å²) in [5.41, 5.74) is 2.40. The van der Waals surface area contributed by atoms with Crippen LogP contribution in [0.15, 0.2) is 18.2 Å². The first-order valence-electron chi connectivity index (χ1n) is 7.32. The van der Waals surface area contributed by atoms with Gasteiger partial charge in [-0.05, 0) is 25.0 Å². The van der Waals surface area contributed by atoms with Crippen LogP contribution in [0.25, 0.3) is 0 Å². The molecule has 1 aliphatic heterocycles. The lowest BCUT2D eigenvalue weighted by atomic mass is 10.2. The van der Waals surface area contributed by atoms with Gasteiger partial charge in [0.2, 0.25) is 0 Å². The van der Waals surface area contributed by atoms with E-state index in [0.29, 0.717) is 0 Å². The second kappa shape index (κ2) is 6.25. The number of hydrogen-bond acceptors (Lipinski definition) is 4. The molecular formula is C15H23N3S. The highest BCUT2D eigenvalue weighted by atomic mass is 32.2. The van der Waals surface area contributed by atoms with Crippen LogP contribution in [0.4, 0.5) is 0 Å². The van der Waals surface area contributed by atoms with Gasteiger partial charge in [-0.1, -0.05) is 13.0 Å². The fraction of sp³-hybridized carbons (Fsp3) is 0.667. The molecule has 1 aromatic heterocycles. The molecule has 1 unspecified atom stereocenters. The van der Waals surface area contributed by atoms with Crippen LogP contribution >= 0.6 is 11.8 Å². The summed E-state index contributed by atoms with van der Waals surface area (Å²) in [6, 6.07) is 7.19. The highest BCUT2D eigenvalue weighted by Crippen LogP contribution is 2.20. The number of nitrogens with zero attached hydrogens (tertiary/aromatic N) is 2. The molecule has 3 nitrogen and oxygen atoms in total. The minimum atomic E-state index is 0.755. The van der Waals surface area contributed by atoms with Gasteiger partial charge >= 0.3 is 0 Å². The zero-order valence-electron chi connectivity index (χ0n) is 11.6. The van der Waals surface area contributed by atoms with Crippen LogP contribution in [0.2, 0.25) is 0 Å². The molecule has 2 aliphatic rings. The van der Waals surface area contributed by atoms with Gasteiger partial charge in [0.25, 0.3) is 0 Å². The molecule has 19 heavy (non-hydrogen) atoms. The number of thioether (sulfide) groups is 1. The maximum absolute atomic E-state index is 4.78. The molecular weight excluding hydrogens is 254 g/mol. The SMILES string of the molecule is CC1CN(Cc2cccc(CNC3CC3)n2)CCS1. The maximum Gasteiger partial charge on any atom is 0.0547 e. The summed E-state index contributed by atoms with van der Waals surface area (Å²) in [7, 11) is 0. The molecule has 4 heteroatoms. The van der Waals surface area contributed by atoms with Crippen molar-refractivity contribution in [2.75, 3.05) is 18.8 Å². The van der Waals surface area contributed by atoms with Crippen LogP contribution in [-0.2, 0) is 13.1 Å². The van der Waals surface area contributed by atoms with Gasteiger partial charge in [-0.15, -0.1) is 0 Å². The van der Waals surface area contributed by atoms with Crippen molar-refractivity contribution >= 4 is 11.8 Å². The van der Waals surface area contributed by atoms with Crippen LogP contribution < -0.4 is 5.32 Å². The van der Waals surface area contributed by atoms with Gasteiger partial charge in [-0.2, -0.15) is 11.8 Å². The van der Waals surface area contributed by atoms with Crippen LogP contribution in [0.5, 0.6) is 0 Å². The number of aromatic nitrogens is 1. The summed E-state index contributed by atoms with van der Waals surface area (Å²) in [5.74, 6) is 1.25. The fourth-order valence-electron chi connectivity index (χ4n) is 2.52. The number of pyridine rings is 1. The molecule has 1 aliphatic carbocycles. The quantitative estimate of drug-likeness (QED) is 0.894. The van der Waals surface area contributed by atoms with E-state index in [2.05, 4.69) is 47.1 Å². The zero-order valence-corrected chi connectivity index (χ0v) is 12.5. The molecule has 0 bridgehead atoms. The minimum Gasteiger partial charge on any atom is -0.308 e. The van der Waals surface area contributed by atoms with Crippen molar-refractivity contribution in [1.29, 1.82) is 0 Å². The van der Waals surface area contributed by atoms with E-state index in [9.17, 15) is 0 Å². The van der Waals surface area contributed by atoms with E-state index < -0.39 is 0 Å². The van der Waals surface area contributed by atoms with Crippen molar-refractivity contribution in [2.45, 2.75) is 44.1 Å². The van der Waals surface area contributed by atoms with Crippen LogP contribution in [0.1, 0.15) is 31.2 Å². The van der Waals surface area contributed by atoms with E-state index >= 15 is 0 Å². The summed E-state index contributed by atoms with van der Waals surface area (Å²) in [6.45, 7) is 6.63. The van der Waals surface area contributed by atoms with Gasteiger partial charge in [-0.25, -0.2) is 0 Å². The van der Waals surface area contributed by atoms with E-state index in [-0.39, 0.29) is 0 Å². The second-order valence-electron chi connectivity index (χ2n) is 5.69. The molecule has 1 saturated carbocycles. The Hall–Kier alpha value is -0.580. The number of rotatable bonds is 5. The van der Waals surface area contributed by atoms with E-state index in [1.165, 1.54) is 43.1 Å². The van der Waals surface area contributed by atoms with Gasteiger partial charge < -0.3 is 5.32 Å². The van der Waals surface area contributed by atoms with E-state index in [1.54, 1.807) is 0 Å². The summed E-state index contributed by atoms with van der Waals surface area (Å²) >= 11 is 2.08. The molecule has 0 aromatic carbocycles. The molecule has 2 heterocycles. The lowest BCUT2D eigenvalue weighted by molar-refractivity contribution is 0.275. The zero-order chi connectivity index (χ0) is 13.1. The number of hydrogen-bond donors (Lipinski definition) is 1. The van der Waals surface area contributed by atoms with Crippen molar-refractivity contribution in [3.05, 3.63) is 29.6 Å². The lowest BCUT2D eigenvalue weighted by Crippen LogP contribution is -2.36. The molecule has 2 fully saturated rings. The Morgan fingerprint density at radius 1 is 1.37 bits per heavy atom. The Morgan fingerprint density at radius 2 is 2.21 bits per heavy atom. The summed E-state index contributed by atoms with van der Waals surface area (Å²) in [4.78, 5) is 7.31. The van der Waals surface area contributed by atoms with Crippen LogP contribution in [0, 0.1) is 0 Å². The third-order valence-electron chi connectivity index (χ3n) is 3.72. The molecule has 0 radical (unpaired) electrons. The smallest absolute Gasteiger partial charge is 0.0547 e. The second-order valence-corrected chi connectivity index (χ2v) is 7.24. The van der Waals surface area contributed by atoms with Crippen molar-refractivity contribution < 1.29 is 0 Å². The molecule has 1 saturated heterocycles.